The molecule has 0 fully saturated rings. The Morgan fingerprint density at radius 1 is 0.938 bits per heavy atom. The lowest BCUT2D eigenvalue weighted by atomic mass is 10.1. The highest BCUT2D eigenvalue weighted by Gasteiger charge is 2.27. The molecule has 1 amide bonds. The van der Waals surface area contributed by atoms with E-state index in [4.69, 9.17) is 16.3 Å². The first-order valence-corrected chi connectivity index (χ1v) is 11.4. The predicted octanol–water partition coefficient (Wildman–Crippen LogP) is 4.39. The summed E-state index contributed by atoms with van der Waals surface area (Å²) < 4.78 is 32.8. The molecular formula is C23H21ClN2O5S. The van der Waals surface area contributed by atoms with Gasteiger partial charge >= 0.3 is 0 Å². The molecule has 0 aliphatic heterocycles. The van der Waals surface area contributed by atoms with Gasteiger partial charge in [0.1, 0.15) is 12.3 Å². The van der Waals surface area contributed by atoms with Crippen LogP contribution in [0.2, 0.25) is 5.02 Å². The van der Waals surface area contributed by atoms with E-state index < -0.39 is 22.5 Å². The first-order chi connectivity index (χ1) is 15.2. The number of sulfonamides is 1. The number of rotatable bonds is 8. The molecule has 0 unspecified atom stereocenters. The van der Waals surface area contributed by atoms with Crippen LogP contribution in [0.25, 0.3) is 0 Å². The van der Waals surface area contributed by atoms with Crippen molar-refractivity contribution in [3.8, 4) is 5.75 Å². The summed E-state index contributed by atoms with van der Waals surface area (Å²) in [5.74, 6) is -0.0650. The number of Topliss-reactive ketones (excluding diaryl/α,β-unsaturated/α-hetero) is 1. The summed E-state index contributed by atoms with van der Waals surface area (Å²) in [6.07, 6.45) is 0. The van der Waals surface area contributed by atoms with Crippen molar-refractivity contribution < 1.29 is 22.7 Å². The van der Waals surface area contributed by atoms with Crippen LogP contribution in [0.1, 0.15) is 17.3 Å². The van der Waals surface area contributed by atoms with Gasteiger partial charge in [-0.2, -0.15) is 0 Å². The third-order valence-corrected chi connectivity index (χ3v) is 6.66. The van der Waals surface area contributed by atoms with Gasteiger partial charge in [-0.05, 0) is 79.7 Å². The van der Waals surface area contributed by atoms with E-state index in [9.17, 15) is 18.0 Å². The minimum atomic E-state index is -4.09. The summed E-state index contributed by atoms with van der Waals surface area (Å²) in [5.41, 5.74) is 1.17. The van der Waals surface area contributed by atoms with Gasteiger partial charge in [-0.25, -0.2) is 8.42 Å². The standard InChI is InChI=1S/C23H21ClN2O5S/c1-16(27)17-3-9-20(10-4-17)26(32(29,30)22-13-5-18(24)6-14-22)15-23(28)25-19-7-11-21(31-2)12-8-19/h3-14H,15H2,1-2H3,(H,25,28). The number of ketones is 1. The van der Waals surface area contributed by atoms with Crippen LogP contribution in [0.5, 0.6) is 5.75 Å². The molecule has 0 radical (unpaired) electrons. The van der Waals surface area contributed by atoms with Crippen molar-refractivity contribution >= 4 is 44.7 Å². The number of carbonyl (C=O) groups is 2. The monoisotopic (exact) mass is 472 g/mol. The van der Waals surface area contributed by atoms with Crippen LogP contribution < -0.4 is 14.4 Å². The molecule has 0 spiro atoms. The molecule has 3 rings (SSSR count). The molecular weight excluding hydrogens is 452 g/mol. The van der Waals surface area contributed by atoms with Crippen molar-refractivity contribution in [1.29, 1.82) is 0 Å². The Labute approximate surface area is 191 Å². The summed E-state index contributed by atoms with van der Waals surface area (Å²) in [6.45, 7) is 0.940. The Kier molecular flexibility index (Phi) is 7.17. The van der Waals surface area contributed by atoms with Gasteiger partial charge in [0.2, 0.25) is 5.91 Å². The van der Waals surface area contributed by atoms with Crippen molar-refractivity contribution in [3.63, 3.8) is 0 Å². The van der Waals surface area contributed by atoms with Gasteiger partial charge in [0.05, 0.1) is 17.7 Å². The van der Waals surface area contributed by atoms with E-state index in [0.717, 1.165) is 4.31 Å². The van der Waals surface area contributed by atoms with Crippen LogP contribution in [0.15, 0.2) is 77.7 Å². The topological polar surface area (TPSA) is 92.8 Å². The van der Waals surface area contributed by atoms with Crippen LogP contribution >= 0.6 is 11.6 Å². The van der Waals surface area contributed by atoms with Crippen LogP contribution in [-0.2, 0) is 14.8 Å². The van der Waals surface area contributed by atoms with Gasteiger partial charge in [0, 0.05) is 16.3 Å². The van der Waals surface area contributed by atoms with Gasteiger partial charge in [0.15, 0.2) is 5.78 Å². The van der Waals surface area contributed by atoms with Gasteiger partial charge in [0.25, 0.3) is 10.0 Å². The first kappa shape index (κ1) is 23.3. The Bertz CT molecular complexity index is 1210. The van der Waals surface area contributed by atoms with Crippen molar-refractivity contribution in [2.45, 2.75) is 11.8 Å². The van der Waals surface area contributed by atoms with E-state index in [1.54, 1.807) is 24.3 Å². The summed E-state index contributed by atoms with van der Waals surface area (Å²) >= 11 is 5.89. The van der Waals surface area contributed by atoms with E-state index >= 15 is 0 Å². The maximum atomic E-state index is 13.4. The average Bonchev–Trinajstić information content (AvgIpc) is 2.78. The highest BCUT2D eigenvalue weighted by Crippen LogP contribution is 2.25. The Balaban J connectivity index is 1.92. The number of nitrogens with one attached hydrogen (secondary N) is 1. The Morgan fingerprint density at radius 2 is 1.53 bits per heavy atom. The highest BCUT2D eigenvalue weighted by atomic mass is 35.5. The lowest BCUT2D eigenvalue weighted by Gasteiger charge is -2.24. The molecule has 32 heavy (non-hydrogen) atoms. The van der Waals surface area contributed by atoms with E-state index in [0.29, 0.717) is 22.0 Å². The third-order valence-electron chi connectivity index (χ3n) is 4.62. The van der Waals surface area contributed by atoms with Crippen molar-refractivity contribution in [2.24, 2.45) is 0 Å². The number of carbonyl (C=O) groups excluding carboxylic acids is 2. The zero-order chi connectivity index (χ0) is 23.3. The number of benzene rings is 3. The molecule has 0 heterocycles. The number of hydrogen-bond acceptors (Lipinski definition) is 5. The summed E-state index contributed by atoms with van der Waals surface area (Å²) in [6, 6.07) is 18.3. The summed E-state index contributed by atoms with van der Waals surface area (Å²) in [7, 11) is -2.56. The molecule has 7 nitrogen and oxygen atoms in total. The second-order valence-corrected chi connectivity index (χ2v) is 9.14. The first-order valence-electron chi connectivity index (χ1n) is 9.54. The number of methoxy groups -OCH3 is 1. The van der Waals surface area contributed by atoms with Crippen LogP contribution in [0.3, 0.4) is 0 Å². The number of halogens is 1. The number of ether oxygens (including phenoxy) is 1. The average molecular weight is 473 g/mol. The quantitative estimate of drug-likeness (QED) is 0.491. The van der Waals surface area contributed by atoms with Gasteiger partial charge in [-0.1, -0.05) is 11.6 Å². The normalized spacial score (nSPS) is 11.0. The highest BCUT2D eigenvalue weighted by molar-refractivity contribution is 7.92. The predicted molar refractivity (Wildman–Crippen MR) is 124 cm³/mol. The number of amides is 1. The third kappa shape index (κ3) is 5.46. The lowest BCUT2D eigenvalue weighted by Crippen LogP contribution is -2.38. The van der Waals surface area contributed by atoms with E-state index in [1.807, 2.05) is 0 Å². The van der Waals surface area contributed by atoms with E-state index in [2.05, 4.69) is 5.32 Å². The molecule has 3 aromatic carbocycles. The zero-order valence-electron chi connectivity index (χ0n) is 17.4. The maximum absolute atomic E-state index is 13.4. The van der Waals surface area contributed by atoms with Gasteiger partial charge in [-0.3, -0.25) is 13.9 Å². The molecule has 1 N–H and O–H groups in total. The second-order valence-electron chi connectivity index (χ2n) is 6.85. The maximum Gasteiger partial charge on any atom is 0.264 e. The smallest absolute Gasteiger partial charge is 0.264 e. The molecule has 9 heteroatoms. The van der Waals surface area contributed by atoms with E-state index in [-0.39, 0.29) is 16.4 Å². The summed E-state index contributed by atoms with van der Waals surface area (Å²) in [4.78, 5) is 24.3. The molecule has 0 aliphatic rings. The minimum absolute atomic E-state index is 0.0187. The van der Waals surface area contributed by atoms with Gasteiger partial charge in [-0.15, -0.1) is 0 Å². The second kappa shape index (κ2) is 9.84. The molecule has 0 saturated carbocycles. The van der Waals surface area contributed by atoms with Crippen LogP contribution in [0, 0.1) is 0 Å². The molecule has 0 aromatic heterocycles. The Morgan fingerprint density at radius 3 is 2.06 bits per heavy atom. The van der Waals surface area contributed by atoms with Crippen molar-refractivity contribution in [3.05, 3.63) is 83.4 Å². The summed E-state index contributed by atoms with van der Waals surface area (Å²) in [5, 5.41) is 3.07. The largest absolute Gasteiger partial charge is 0.497 e. The molecule has 0 aliphatic carbocycles. The number of hydrogen-bond donors (Lipinski definition) is 1. The van der Waals surface area contributed by atoms with E-state index in [1.165, 1.54) is 62.6 Å². The molecule has 0 bridgehead atoms. The fourth-order valence-corrected chi connectivity index (χ4v) is 4.46. The molecule has 3 aromatic rings. The molecule has 166 valence electrons. The van der Waals surface area contributed by atoms with Crippen molar-refractivity contribution in [2.75, 3.05) is 23.3 Å². The molecule has 0 atom stereocenters. The zero-order valence-corrected chi connectivity index (χ0v) is 19.0. The Hall–Kier alpha value is -3.36. The number of anilines is 2. The lowest BCUT2D eigenvalue weighted by molar-refractivity contribution is -0.114. The van der Waals surface area contributed by atoms with Crippen LogP contribution in [0.4, 0.5) is 11.4 Å². The van der Waals surface area contributed by atoms with Crippen molar-refractivity contribution in [1.82, 2.24) is 0 Å². The SMILES string of the molecule is COc1ccc(NC(=O)CN(c2ccc(C(C)=O)cc2)S(=O)(=O)c2ccc(Cl)cc2)cc1. The minimum Gasteiger partial charge on any atom is -0.497 e. The number of nitrogens with zero attached hydrogens (tertiary/aromatic N) is 1. The van der Waals surface area contributed by atoms with Gasteiger partial charge < -0.3 is 10.1 Å². The van der Waals surface area contributed by atoms with Crippen LogP contribution in [-0.4, -0.2) is 33.8 Å². The fraction of sp³-hybridized carbons (Fsp3) is 0.130. The molecule has 0 saturated heterocycles. The fourth-order valence-electron chi connectivity index (χ4n) is 2.92.